The summed E-state index contributed by atoms with van der Waals surface area (Å²) in [5.74, 6) is -1.33. The number of amides is 1. The number of esters is 1. The smallest absolute Gasteiger partial charge is 0.324 e. The summed E-state index contributed by atoms with van der Waals surface area (Å²) in [6, 6.07) is 6.29. The van der Waals surface area contributed by atoms with E-state index in [1.165, 1.54) is 13.8 Å². The Bertz CT molecular complexity index is 701. The third-order valence-corrected chi connectivity index (χ3v) is 5.31. The SMILES string of the molecule is CCCCS(=O)(=O)N[C@@H](C)C(=O)O[C@@H](C)C(=O)Nc1ccc(CC)cc1. The van der Waals surface area contributed by atoms with Crippen molar-refractivity contribution in [2.24, 2.45) is 0 Å². The molecule has 0 bridgehead atoms. The number of ether oxygens (including phenoxy) is 1. The lowest BCUT2D eigenvalue weighted by Gasteiger charge is -2.17. The molecule has 0 aromatic heterocycles. The summed E-state index contributed by atoms with van der Waals surface area (Å²) in [6.07, 6.45) is 1.09. The molecule has 2 N–H and O–H groups in total. The van der Waals surface area contributed by atoms with Gasteiger partial charge in [-0.1, -0.05) is 32.4 Å². The molecule has 1 aromatic rings. The van der Waals surface area contributed by atoms with Crippen molar-refractivity contribution in [1.29, 1.82) is 0 Å². The average molecular weight is 384 g/mol. The van der Waals surface area contributed by atoms with E-state index in [0.717, 1.165) is 18.4 Å². The molecule has 1 aromatic carbocycles. The van der Waals surface area contributed by atoms with Crippen LogP contribution in [0.25, 0.3) is 0 Å². The van der Waals surface area contributed by atoms with Crippen LogP contribution in [0.4, 0.5) is 5.69 Å². The summed E-state index contributed by atoms with van der Waals surface area (Å²) in [4.78, 5) is 24.1. The zero-order valence-corrected chi connectivity index (χ0v) is 16.6. The Morgan fingerprint density at radius 1 is 1.12 bits per heavy atom. The van der Waals surface area contributed by atoms with Crippen LogP contribution in [0.3, 0.4) is 0 Å². The molecular formula is C18H28N2O5S. The van der Waals surface area contributed by atoms with Crippen LogP contribution < -0.4 is 10.0 Å². The highest BCUT2D eigenvalue weighted by molar-refractivity contribution is 7.89. The van der Waals surface area contributed by atoms with Crippen molar-refractivity contribution < 1.29 is 22.7 Å². The molecule has 0 aliphatic rings. The number of hydrogen-bond acceptors (Lipinski definition) is 5. The molecule has 0 unspecified atom stereocenters. The molecule has 8 heteroatoms. The maximum Gasteiger partial charge on any atom is 0.324 e. The number of nitrogens with one attached hydrogen (secondary N) is 2. The van der Waals surface area contributed by atoms with Crippen LogP contribution in [0.15, 0.2) is 24.3 Å². The molecule has 0 spiro atoms. The van der Waals surface area contributed by atoms with E-state index in [1.807, 2.05) is 26.0 Å². The highest BCUT2D eigenvalue weighted by atomic mass is 32.2. The molecule has 0 fully saturated rings. The van der Waals surface area contributed by atoms with Gasteiger partial charge >= 0.3 is 5.97 Å². The average Bonchev–Trinajstić information content (AvgIpc) is 2.60. The predicted molar refractivity (Wildman–Crippen MR) is 101 cm³/mol. The molecule has 0 heterocycles. The number of anilines is 1. The third-order valence-electron chi connectivity index (χ3n) is 3.77. The fourth-order valence-electron chi connectivity index (χ4n) is 2.11. The summed E-state index contributed by atoms with van der Waals surface area (Å²) in [6.45, 7) is 6.74. The van der Waals surface area contributed by atoms with E-state index < -0.39 is 34.0 Å². The van der Waals surface area contributed by atoms with Gasteiger partial charge in [-0.2, -0.15) is 0 Å². The molecule has 0 aliphatic heterocycles. The topological polar surface area (TPSA) is 102 Å². The van der Waals surface area contributed by atoms with Gasteiger partial charge in [0.15, 0.2) is 6.10 Å². The van der Waals surface area contributed by atoms with Gasteiger partial charge in [-0.25, -0.2) is 13.1 Å². The number of sulfonamides is 1. The van der Waals surface area contributed by atoms with E-state index in [0.29, 0.717) is 12.1 Å². The van der Waals surface area contributed by atoms with Crippen LogP contribution in [0.2, 0.25) is 0 Å². The van der Waals surface area contributed by atoms with Crippen molar-refractivity contribution in [3.63, 3.8) is 0 Å². The van der Waals surface area contributed by atoms with Crippen LogP contribution in [0, 0.1) is 0 Å². The van der Waals surface area contributed by atoms with E-state index in [1.54, 1.807) is 12.1 Å². The van der Waals surface area contributed by atoms with E-state index in [-0.39, 0.29) is 5.75 Å². The summed E-state index contributed by atoms with van der Waals surface area (Å²) < 4.78 is 31.0. The molecule has 0 aliphatic carbocycles. The lowest BCUT2D eigenvalue weighted by molar-refractivity contribution is -0.154. The van der Waals surface area contributed by atoms with Crippen molar-refractivity contribution in [3.05, 3.63) is 29.8 Å². The number of aryl methyl sites for hydroxylation is 1. The van der Waals surface area contributed by atoms with Crippen molar-refractivity contribution in [2.45, 2.75) is 59.1 Å². The second-order valence-corrected chi connectivity index (χ2v) is 8.00. The van der Waals surface area contributed by atoms with Crippen molar-refractivity contribution >= 4 is 27.6 Å². The molecule has 0 radical (unpaired) electrons. The Morgan fingerprint density at radius 2 is 1.73 bits per heavy atom. The Kier molecular flexibility index (Phi) is 8.74. The second-order valence-electron chi connectivity index (χ2n) is 6.13. The first-order valence-electron chi connectivity index (χ1n) is 8.78. The number of carbonyl (C=O) groups excluding carboxylic acids is 2. The van der Waals surface area contributed by atoms with Gasteiger partial charge in [0.1, 0.15) is 6.04 Å². The van der Waals surface area contributed by atoms with Crippen molar-refractivity contribution in [1.82, 2.24) is 4.72 Å². The molecule has 2 atom stereocenters. The van der Waals surface area contributed by atoms with Crippen LogP contribution >= 0.6 is 0 Å². The maximum atomic E-state index is 12.1. The standard InChI is InChI=1S/C18H28N2O5S/c1-5-7-12-26(23,24)20-13(3)18(22)25-14(4)17(21)19-16-10-8-15(6-2)9-11-16/h8-11,13-14,20H,5-7,12H2,1-4H3,(H,19,21)/t13-,14-/m0/s1. The molecular weight excluding hydrogens is 356 g/mol. The van der Waals surface area contributed by atoms with Gasteiger partial charge in [0.05, 0.1) is 5.75 Å². The minimum Gasteiger partial charge on any atom is -0.451 e. The number of hydrogen-bond donors (Lipinski definition) is 2. The van der Waals surface area contributed by atoms with Crippen molar-refractivity contribution in [2.75, 3.05) is 11.1 Å². The molecule has 7 nitrogen and oxygen atoms in total. The summed E-state index contributed by atoms with van der Waals surface area (Å²) in [5, 5.41) is 2.66. The molecule has 1 rings (SSSR count). The first-order valence-corrected chi connectivity index (χ1v) is 10.4. The summed E-state index contributed by atoms with van der Waals surface area (Å²) in [5.41, 5.74) is 1.75. The highest BCUT2D eigenvalue weighted by Crippen LogP contribution is 2.11. The van der Waals surface area contributed by atoms with Crippen LogP contribution in [-0.2, 0) is 30.8 Å². The van der Waals surface area contributed by atoms with Crippen LogP contribution in [-0.4, -0.2) is 38.2 Å². The number of carbonyl (C=O) groups is 2. The number of unbranched alkanes of at least 4 members (excludes halogenated alkanes) is 1. The van der Waals surface area contributed by atoms with Gasteiger partial charge in [-0.05, 0) is 44.4 Å². The minimum absolute atomic E-state index is 0.0507. The monoisotopic (exact) mass is 384 g/mol. The van der Waals surface area contributed by atoms with Gasteiger partial charge in [-0.3, -0.25) is 9.59 Å². The quantitative estimate of drug-likeness (QED) is 0.602. The van der Waals surface area contributed by atoms with Gasteiger partial charge < -0.3 is 10.1 Å². The lowest BCUT2D eigenvalue weighted by Crippen LogP contribution is -2.43. The normalized spacial score (nSPS) is 13.7. The zero-order chi connectivity index (χ0) is 19.7. The predicted octanol–water partition coefficient (Wildman–Crippen LogP) is 2.23. The van der Waals surface area contributed by atoms with E-state index in [9.17, 15) is 18.0 Å². The second kappa shape index (κ2) is 10.3. The van der Waals surface area contributed by atoms with Gasteiger partial charge in [-0.15, -0.1) is 0 Å². The number of benzene rings is 1. The molecule has 146 valence electrons. The third kappa shape index (κ3) is 7.53. The van der Waals surface area contributed by atoms with E-state index in [4.69, 9.17) is 4.74 Å². The largest absolute Gasteiger partial charge is 0.451 e. The van der Waals surface area contributed by atoms with Gasteiger partial charge in [0.25, 0.3) is 5.91 Å². The molecule has 0 saturated heterocycles. The zero-order valence-electron chi connectivity index (χ0n) is 15.7. The fraction of sp³-hybridized carbons (Fsp3) is 0.556. The number of rotatable bonds is 10. The maximum absolute atomic E-state index is 12.1. The minimum atomic E-state index is -3.55. The summed E-state index contributed by atoms with van der Waals surface area (Å²) >= 11 is 0. The Hall–Kier alpha value is -1.93. The molecule has 26 heavy (non-hydrogen) atoms. The Balaban J connectivity index is 2.54. The first kappa shape index (κ1) is 22.1. The Labute approximate surface area is 155 Å². The molecule has 0 saturated carbocycles. The van der Waals surface area contributed by atoms with Gasteiger partial charge in [0.2, 0.25) is 10.0 Å². The lowest BCUT2D eigenvalue weighted by atomic mass is 10.1. The first-order chi connectivity index (χ1) is 12.2. The van der Waals surface area contributed by atoms with Crippen LogP contribution in [0.5, 0.6) is 0 Å². The van der Waals surface area contributed by atoms with Crippen LogP contribution in [0.1, 0.15) is 46.1 Å². The highest BCUT2D eigenvalue weighted by Gasteiger charge is 2.25. The van der Waals surface area contributed by atoms with Gasteiger partial charge in [0, 0.05) is 5.69 Å². The summed E-state index contributed by atoms with van der Waals surface area (Å²) in [7, 11) is -3.55. The van der Waals surface area contributed by atoms with Crippen molar-refractivity contribution in [3.8, 4) is 0 Å². The molecule has 1 amide bonds. The van der Waals surface area contributed by atoms with E-state index >= 15 is 0 Å². The Morgan fingerprint density at radius 3 is 2.27 bits per heavy atom. The van der Waals surface area contributed by atoms with E-state index in [2.05, 4.69) is 10.0 Å². The fourth-order valence-corrected chi connectivity index (χ4v) is 3.53.